The van der Waals surface area contributed by atoms with E-state index in [-0.39, 0.29) is 18.5 Å². The van der Waals surface area contributed by atoms with Crippen LogP contribution in [0.25, 0.3) is 0 Å². The van der Waals surface area contributed by atoms with Gasteiger partial charge in [0.2, 0.25) is 5.96 Å². The predicted octanol–water partition coefficient (Wildman–Crippen LogP) is 2.49. The van der Waals surface area contributed by atoms with Gasteiger partial charge >= 0.3 is 6.18 Å². The third-order valence-corrected chi connectivity index (χ3v) is 3.56. The van der Waals surface area contributed by atoms with Crippen LogP contribution in [0, 0.1) is 0 Å². The van der Waals surface area contributed by atoms with Crippen molar-refractivity contribution in [1.29, 1.82) is 0 Å². The Morgan fingerprint density at radius 1 is 1.29 bits per heavy atom. The van der Waals surface area contributed by atoms with Gasteiger partial charge in [-0.15, -0.1) is 0 Å². The Kier molecular flexibility index (Phi) is 5.48. The summed E-state index contributed by atoms with van der Waals surface area (Å²) in [5.41, 5.74) is 12.5. The van der Waals surface area contributed by atoms with Crippen LogP contribution in [0.3, 0.4) is 0 Å². The van der Waals surface area contributed by atoms with Crippen LogP contribution in [0.4, 0.5) is 13.2 Å². The van der Waals surface area contributed by atoms with E-state index in [1.807, 2.05) is 11.8 Å². The highest BCUT2D eigenvalue weighted by molar-refractivity contribution is 5.93. The fourth-order valence-corrected chi connectivity index (χ4v) is 2.35. The fourth-order valence-electron chi connectivity index (χ4n) is 2.35. The SMILES string of the molecule is CC1=CCCN(/C(N)=N/C(N)=NCc2cccc(C(F)(F)F)c2)C1. The lowest BCUT2D eigenvalue weighted by molar-refractivity contribution is -0.137. The number of hydrogen-bond acceptors (Lipinski definition) is 1. The second kappa shape index (κ2) is 7.37. The first-order chi connectivity index (χ1) is 11.3. The number of aliphatic imine (C=N–C) groups is 2. The second-order valence-corrected chi connectivity index (χ2v) is 5.60. The Morgan fingerprint density at radius 3 is 2.71 bits per heavy atom. The van der Waals surface area contributed by atoms with Crippen LogP contribution >= 0.6 is 0 Å². The van der Waals surface area contributed by atoms with Crippen molar-refractivity contribution in [2.24, 2.45) is 21.5 Å². The van der Waals surface area contributed by atoms with Crippen molar-refractivity contribution in [1.82, 2.24) is 4.90 Å². The Balaban J connectivity index is 2.04. The van der Waals surface area contributed by atoms with Gasteiger partial charge in [0.15, 0.2) is 5.96 Å². The van der Waals surface area contributed by atoms with Crippen LogP contribution < -0.4 is 11.5 Å². The van der Waals surface area contributed by atoms with Crippen molar-refractivity contribution in [3.8, 4) is 0 Å². The second-order valence-electron chi connectivity index (χ2n) is 5.60. The molecule has 2 rings (SSSR count). The number of hydrogen-bond donors (Lipinski definition) is 2. The molecule has 0 fully saturated rings. The van der Waals surface area contributed by atoms with Gasteiger partial charge in [-0.05, 0) is 31.0 Å². The Labute approximate surface area is 138 Å². The lowest BCUT2D eigenvalue weighted by Gasteiger charge is -2.26. The van der Waals surface area contributed by atoms with Gasteiger partial charge in [0.1, 0.15) is 0 Å². The molecule has 4 N–H and O–H groups in total. The molecule has 1 aromatic rings. The molecule has 0 saturated carbocycles. The summed E-state index contributed by atoms with van der Waals surface area (Å²) in [6.45, 7) is 3.43. The topological polar surface area (TPSA) is 80.0 Å². The summed E-state index contributed by atoms with van der Waals surface area (Å²) >= 11 is 0. The third kappa shape index (κ3) is 5.00. The van der Waals surface area contributed by atoms with E-state index in [1.54, 1.807) is 6.07 Å². The van der Waals surface area contributed by atoms with Gasteiger partial charge in [0.05, 0.1) is 12.1 Å². The smallest absolute Gasteiger partial charge is 0.369 e. The molecule has 0 aromatic heterocycles. The molecular formula is C16H20F3N5. The summed E-state index contributed by atoms with van der Waals surface area (Å²) in [6.07, 6.45) is -1.37. The molecular weight excluding hydrogens is 319 g/mol. The minimum Gasteiger partial charge on any atom is -0.369 e. The molecule has 8 heteroatoms. The van der Waals surface area contributed by atoms with Gasteiger partial charge in [-0.25, -0.2) is 4.99 Å². The van der Waals surface area contributed by atoms with E-state index in [9.17, 15) is 13.2 Å². The first-order valence-electron chi connectivity index (χ1n) is 7.46. The third-order valence-electron chi connectivity index (χ3n) is 3.56. The van der Waals surface area contributed by atoms with Crippen LogP contribution in [0.2, 0.25) is 0 Å². The largest absolute Gasteiger partial charge is 0.416 e. The summed E-state index contributed by atoms with van der Waals surface area (Å²) in [7, 11) is 0. The van der Waals surface area contributed by atoms with Crippen molar-refractivity contribution >= 4 is 11.9 Å². The molecule has 24 heavy (non-hydrogen) atoms. The van der Waals surface area contributed by atoms with Crippen LogP contribution in [-0.2, 0) is 12.7 Å². The summed E-state index contributed by atoms with van der Waals surface area (Å²) < 4.78 is 38.0. The number of halogens is 3. The average molecular weight is 339 g/mol. The van der Waals surface area contributed by atoms with Crippen molar-refractivity contribution < 1.29 is 13.2 Å². The normalized spacial score (nSPS) is 17.0. The van der Waals surface area contributed by atoms with Crippen molar-refractivity contribution in [3.05, 3.63) is 47.0 Å². The molecule has 0 spiro atoms. The standard InChI is InChI=1S/C16H20F3N5/c1-11-4-3-7-24(10-11)15(21)23-14(20)22-9-12-5-2-6-13(8-12)16(17,18)19/h2,4-6,8H,3,7,9-10H2,1H3,(H4,20,21,22,23). The molecule has 0 radical (unpaired) electrons. The number of alkyl halides is 3. The summed E-state index contributed by atoms with van der Waals surface area (Å²) in [6, 6.07) is 4.95. The Morgan fingerprint density at radius 2 is 2.04 bits per heavy atom. The first-order valence-corrected chi connectivity index (χ1v) is 7.46. The number of nitrogens with zero attached hydrogens (tertiary/aromatic N) is 3. The maximum absolute atomic E-state index is 12.7. The zero-order chi connectivity index (χ0) is 17.7. The predicted molar refractivity (Wildman–Crippen MR) is 88.3 cm³/mol. The summed E-state index contributed by atoms with van der Waals surface area (Å²) in [4.78, 5) is 9.89. The molecule has 1 aromatic carbocycles. The molecule has 1 heterocycles. The van der Waals surface area contributed by atoms with E-state index >= 15 is 0 Å². The monoisotopic (exact) mass is 339 g/mol. The average Bonchev–Trinajstić information content (AvgIpc) is 2.52. The molecule has 0 aliphatic carbocycles. The highest BCUT2D eigenvalue weighted by Crippen LogP contribution is 2.29. The van der Waals surface area contributed by atoms with E-state index in [0.29, 0.717) is 12.1 Å². The molecule has 1 aliphatic heterocycles. The van der Waals surface area contributed by atoms with Crippen LogP contribution in [0.5, 0.6) is 0 Å². The Bertz CT molecular complexity index is 677. The van der Waals surface area contributed by atoms with Crippen molar-refractivity contribution in [2.75, 3.05) is 13.1 Å². The first kappa shape index (κ1) is 17.8. The molecule has 0 amide bonds. The van der Waals surface area contributed by atoms with Crippen molar-refractivity contribution in [2.45, 2.75) is 26.1 Å². The lowest BCUT2D eigenvalue weighted by atomic mass is 10.1. The molecule has 0 bridgehead atoms. The number of rotatable bonds is 2. The molecule has 5 nitrogen and oxygen atoms in total. The molecule has 1 aliphatic rings. The van der Waals surface area contributed by atoms with Crippen LogP contribution in [0.15, 0.2) is 45.9 Å². The highest BCUT2D eigenvalue weighted by atomic mass is 19.4. The van der Waals surface area contributed by atoms with Gasteiger partial charge in [0, 0.05) is 13.1 Å². The number of nitrogens with two attached hydrogens (primary N) is 2. The fraction of sp³-hybridized carbons (Fsp3) is 0.375. The van der Waals surface area contributed by atoms with E-state index in [1.165, 1.54) is 11.6 Å². The molecule has 130 valence electrons. The van der Waals surface area contributed by atoms with E-state index in [2.05, 4.69) is 16.1 Å². The lowest BCUT2D eigenvalue weighted by Crippen LogP contribution is -2.41. The minimum atomic E-state index is -4.38. The maximum Gasteiger partial charge on any atom is 0.416 e. The number of guanidine groups is 2. The van der Waals surface area contributed by atoms with E-state index in [4.69, 9.17) is 11.5 Å². The quantitative estimate of drug-likeness (QED) is 0.493. The summed E-state index contributed by atoms with van der Waals surface area (Å²) in [5, 5.41) is 0. The zero-order valence-corrected chi connectivity index (χ0v) is 13.3. The molecule has 0 saturated heterocycles. The van der Waals surface area contributed by atoms with E-state index in [0.717, 1.165) is 25.1 Å². The van der Waals surface area contributed by atoms with Crippen molar-refractivity contribution in [3.63, 3.8) is 0 Å². The number of benzene rings is 1. The van der Waals surface area contributed by atoms with Crippen LogP contribution in [-0.4, -0.2) is 29.9 Å². The van der Waals surface area contributed by atoms with E-state index < -0.39 is 11.7 Å². The van der Waals surface area contributed by atoms with Gasteiger partial charge in [-0.2, -0.15) is 18.2 Å². The molecule has 0 unspecified atom stereocenters. The highest BCUT2D eigenvalue weighted by Gasteiger charge is 2.30. The van der Waals surface area contributed by atoms with Gasteiger partial charge < -0.3 is 16.4 Å². The molecule has 0 atom stereocenters. The Hall–Kier alpha value is -2.51. The van der Waals surface area contributed by atoms with Crippen LogP contribution in [0.1, 0.15) is 24.5 Å². The maximum atomic E-state index is 12.7. The van der Waals surface area contributed by atoms with Gasteiger partial charge in [-0.3, -0.25) is 0 Å². The van der Waals surface area contributed by atoms with Gasteiger partial charge in [0.25, 0.3) is 0 Å². The minimum absolute atomic E-state index is 0.00542. The zero-order valence-electron chi connectivity index (χ0n) is 13.3. The summed E-state index contributed by atoms with van der Waals surface area (Å²) in [5.74, 6) is 0.199. The van der Waals surface area contributed by atoms with Gasteiger partial charge in [-0.1, -0.05) is 23.8 Å².